The van der Waals surface area contributed by atoms with Gasteiger partial charge in [0.15, 0.2) is 0 Å². The lowest BCUT2D eigenvalue weighted by atomic mass is 9.86. The smallest absolute Gasteiger partial charge is 0.134 e. The van der Waals surface area contributed by atoms with Gasteiger partial charge in [0.1, 0.15) is 23.3 Å². The molecular formula is C19H14F2N4. The van der Waals surface area contributed by atoms with Crippen LogP contribution in [0.15, 0.2) is 48.8 Å². The van der Waals surface area contributed by atoms with E-state index in [1.807, 2.05) is 18.2 Å². The van der Waals surface area contributed by atoms with Crippen molar-refractivity contribution < 1.29 is 8.78 Å². The van der Waals surface area contributed by atoms with Gasteiger partial charge in [-0.15, -0.1) is 0 Å². The first kappa shape index (κ1) is 14.3. The first-order valence-corrected chi connectivity index (χ1v) is 8.12. The number of rotatable bonds is 1. The fraction of sp³-hybridized carbons (Fsp3) is 0.158. The predicted octanol–water partition coefficient (Wildman–Crippen LogP) is 4.10. The standard InChI is InChI=1S/C19H14F2N4/c20-13-4-1-5-14(21)16(13)17-12-9-24-19-15(12)10(6-8-23-19)11-3-2-7-22-18(11)25-17/h1-8,12,17H,9H2,(H,22,25)(H,23,24). The summed E-state index contributed by atoms with van der Waals surface area (Å²) in [5.74, 6) is 0.117. The number of anilines is 2. The van der Waals surface area contributed by atoms with Gasteiger partial charge in [-0.2, -0.15) is 0 Å². The van der Waals surface area contributed by atoms with Crippen molar-refractivity contribution >= 4 is 11.6 Å². The van der Waals surface area contributed by atoms with Gasteiger partial charge in [0.05, 0.1) is 6.04 Å². The van der Waals surface area contributed by atoms with E-state index in [4.69, 9.17) is 0 Å². The second kappa shape index (κ2) is 5.24. The van der Waals surface area contributed by atoms with Gasteiger partial charge in [-0.3, -0.25) is 0 Å². The summed E-state index contributed by atoms with van der Waals surface area (Å²) in [5.41, 5.74) is 2.92. The zero-order valence-electron chi connectivity index (χ0n) is 13.1. The van der Waals surface area contributed by atoms with Gasteiger partial charge in [0.2, 0.25) is 0 Å². The van der Waals surface area contributed by atoms with Crippen molar-refractivity contribution in [2.24, 2.45) is 0 Å². The molecule has 2 aliphatic heterocycles. The molecule has 0 amide bonds. The third-order valence-corrected chi connectivity index (χ3v) is 4.95. The van der Waals surface area contributed by atoms with Crippen LogP contribution in [-0.2, 0) is 0 Å². The fourth-order valence-corrected chi connectivity index (χ4v) is 3.88. The van der Waals surface area contributed by atoms with Crippen LogP contribution >= 0.6 is 0 Å². The molecule has 0 fully saturated rings. The van der Waals surface area contributed by atoms with Crippen molar-refractivity contribution in [2.45, 2.75) is 12.0 Å². The van der Waals surface area contributed by atoms with Crippen molar-refractivity contribution in [1.29, 1.82) is 0 Å². The minimum Gasteiger partial charge on any atom is -0.369 e. The Bertz CT molecular complexity index is 969. The molecule has 4 heterocycles. The normalized spacial score (nSPS) is 20.1. The lowest BCUT2D eigenvalue weighted by Gasteiger charge is -2.25. The van der Waals surface area contributed by atoms with Gasteiger partial charge in [-0.1, -0.05) is 6.07 Å². The van der Waals surface area contributed by atoms with Crippen LogP contribution < -0.4 is 10.6 Å². The summed E-state index contributed by atoms with van der Waals surface area (Å²) in [7, 11) is 0. The van der Waals surface area contributed by atoms with Crippen LogP contribution in [0.3, 0.4) is 0 Å². The summed E-state index contributed by atoms with van der Waals surface area (Å²) in [5, 5.41) is 6.54. The molecule has 0 aliphatic carbocycles. The topological polar surface area (TPSA) is 49.8 Å². The van der Waals surface area contributed by atoms with Crippen molar-refractivity contribution in [3.8, 4) is 11.1 Å². The Morgan fingerprint density at radius 3 is 2.48 bits per heavy atom. The molecule has 2 aliphatic rings. The zero-order valence-corrected chi connectivity index (χ0v) is 13.1. The summed E-state index contributed by atoms with van der Waals surface area (Å²) >= 11 is 0. The Kier molecular flexibility index (Phi) is 3.00. The van der Waals surface area contributed by atoms with Gasteiger partial charge < -0.3 is 10.6 Å². The number of halogens is 2. The molecule has 2 aromatic heterocycles. The Morgan fingerprint density at radius 1 is 0.840 bits per heavy atom. The second-order valence-corrected chi connectivity index (χ2v) is 6.27. The molecule has 0 saturated carbocycles. The lowest BCUT2D eigenvalue weighted by molar-refractivity contribution is 0.511. The molecule has 2 N–H and O–H groups in total. The van der Waals surface area contributed by atoms with Gasteiger partial charge in [0.25, 0.3) is 0 Å². The molecule has 25 heavy (non-hydrogen) atoms. The van der Waals surface area contributed by atoms with E-state index in [1.165, 1.54) is 18.2 Å². The van der Waals surface area contributed by atoms with E-state index in [9.17, 15) is 8.78 Å². The zero-order chi connectivity index (χ0) is 17.0. The molecule has 124 valence electrons. The van der Waals surface area contributed by atoms with Gasteiger partial charge in [-0.25, -0.2) is 18.7 Å². The Hall–Kier alpha value is -3.02. The third kappa shape index (κ3) is 2.03. The van der Waals surface area contributed by atoms with Crippen molar-refractivity contribution in [2.75, 3.05) is 17.2 Å². The quantitative estimate of drug-likeness (QED) is 0.702. The highest BCUT2D eigenvalue weighted by molar-refractivity contribution is 5.84. The molecule has 4 nitrogen and oxygen atoms in total. The summed E-state index contributed by atoms with van der Waals surface area (Å²) < 4.78 is 29.0. The Morgan fingerprint density at radius 2 is 1.64 bits per heavy atom. The van der Waals surface area contributed by atoms with Crippen LogP contribution in [0.2, 0.25) is 0 Å². The highest BCUT2D eigenvalue weighted by Gasteiger charge is 2.39. The van der Waals surface area contributed by atoms with Gasteiger partial charge in [-0.05, 0) is 35.9 Å². The van der Waals surface area contributed by atoms with E-state index in [0.29, 0.717) is 12.4 Å². The SMILES string of the molecule is Fc1cccc(F)c1C1Nc2ncccc2-c2ccnc3c2C1CN3. The van der Waals surface area contributed by atoms with Crippen molar-refractivity contribution in [3.63, 3.8) is 0 Å². The maximum Gasteiger partial charge on any atom is 0.134 e. The van der Waals surface area contributed by atoms with Crippen LogP contribution in [-0.4, -0.2) is 16.5 Å². The molecule has 0 radical (unpaired) electrons. The molecule has 2 unspecified atom stereocenters. The van der Waals surface area contributed by atoms with E-state index in [2.05, 4.69) is 20.6 Å². The number of nitrogens with one attached hydrogen (secondary N) is 2. The highest BCUT2D eigenvalue weighted by Crippen LogP contribution is 2.49. The molecule has 0 saturated heterocycles. The molecule has 0 spiro atoms. The van der Waals surface area contributed by atoms with Crippen LogP contribution in [0, 0.1) is 11.6 Å². The summed E-state index contributed by atoms with van der Waals surface area (Å²) in [6, 6.07) is 9.13. The van der Waals surface area contributed by atoms with Crippen LogP contribution in [0.4, 0.5) is 20.4 Å². The maximum atomic E-state index is 14.5. The van der Waals surface area contributed by atoms with E-state index < -0.39 is 17.7 Å². The number of hydrogen-bond donors (Lipinski definition) is 2. The Balaban J connectivity index is 1.80. The number of benzene rings is 1. The third-order valence-electron chi connectivity index (χ3n) is 4.95. The lowest BCUT2D eigenvalue weighted by Crippen LogP contribution is -2.23. The maximum absolute atomic E-state index is 14.5. The second-order valence-electron chi connectivity index (χ2n) is 6.27. The number of aromatic nitrogens is 2. The van der Waals surface area contributed by atoms with Crippen molar-refractivity contribution in [1.82, 2.24) is 9.97 Å². The first-order chi connectivity index (χ1) is 12.2. The average Bonchev–Trinajstić information content (AvgIpc) is 2.99. The molecule has 1 aromatic carbocycles. The van der Waals surface area contributed by atoms with Gasteiger partial charge in [0, 0.05) is 41.5 Å². The van der Waals surface area contributed by atoms with Crippen LogP contribution in [0.5, 0.6) is 0 Å². The van der Waals surface area contributed by atoms with E-state index in [0.717, 1.165) is 22.5 Å². The number of hydrogen-bond acceptors (Lipinski definition) is 4. The molecule has 2 atom stereocenters. The largest absolute Gasteiger partial charge is 0.369 e. The summed E-state index contributed by atoms with van der Waals surface area (Å²) in [4.78, 5) is 8.80. The fourth-order valence-electron chi connectivity index (χ4n) is 3.88. The minimum atomic E-state index is -0.575. The molecular weight excluding hydrogens is 322 g/mol. The predicted molar refractivity (Wildman–Crippen MR) is 91.4 cm³/mol. The molecule has 6 heteroatoms. The van der Waals surface area contributed by atoms with E-state index in [1.54, 1.807) is 12.4 Å². The van der Waals surface area contributed by atoms with Gasteiger partial charge >= 0.3 is 0 Å². The number of nitrogens with zero attached hydrogens (tertiary/aromatic N) is 2. The Labute approximate surface area is 142 Å². The number of pyridine rings is 2. The number of fused-ring (bicyclic) bond motifs is 2. The minimum absolute atomic E-state index is 0.0375. The monoisotopic (exact) mass is 336 g/mol. The van der Waals surface area contributed by atoms with E-state index in [-0.39, 0.29) is 11.5 Å². The summed E-state index contributed by atoms with van der Waals surface area (Å²) in [6.07, 6.45) is 3.41. The summed E-state index contributed by atoms with van der Waals surface area (Å²) in [6.45, 7) is 0.554. The van der Waals surface area contributed by atoms with Crippen LogP contribution in [0.1, 0.15) is 23.1 Å². The van der Waals surface area contributed by atoms with Crippen LogP contribution in [0.25, 0.3) is 11.1 Å². The average molecular weight is 336 g/mol. The molecule has 3 aromatic rings. The first-order valence-electron chi connectivity index (χ1n) is 8.12. The van der Waals surface area contributed by atoms with Crippen molar-refractivity contribution in [3.05, 3.63) is 71.6 Å². The molecule has 5 rings (SSSR count). The highest BCUT2D eigenvalue weighted by atomic mass is 19.1. The molecule has 0 bridgehead atoms. The van der Waals surface area contributed by atoms with E-state index >= 15 is 0 Å².